The van der Waals surface area contributed by atoms with Crippen molar-refractivity contribution >= 4 is 11.9 Å². The second-order valence-corrected chi connectivity index (χ2v) is 26.0. The minimum absolute atomic E-state index is 0.0143. The molecule has 0 heterocycles. The fourth-order valence-corrected chi connectivity index (χ4v) is 11.9. The van der Waals surface area contributed by atoms with Gasteiger partial charge in [-0.05, 0) is 83.5 Å². The average Bonchev–Trinajstić information content (AvgIpc) is 3.49. The number of nitrogens with one attached hydrogen (secondary N) is 1. The van der Waals surface area contributed by atoms with Gasteiger partial charge in [0.05, 0.1) is 25.4 Å². The van der Waals surface area contributed by atoms with Crippen LogP contribution in [0.2, 0.25) is 0 Å². The first-order valence-corrected chi connectivity index (χ1v) is 37.8. The topological polar surface area (TPSA) is 95.9 Å². The molecule has 2 atom stereocenters. The maximum Gasteiger partial charge on any atom is 0.305 e. The zero-order valence-corrected chi connectivity index (χ0v) is 56.2. The average molecular weight is 1170 g/mol. The zero-order valence-electron chi connectivity index (χ0n) is 56.2. The molecule has 0 radical (unpaired) electrons. The van der Waals surface area contributed by atoms with Gasteiger partial charge in [-0.25, -0.2) is 0 Å². The quantitative estimate of drug-likeness (QED) is 0.0320. The molecule has 0 aromatic rings. The van der Waals surface area contributed by atoms with Gasteiger partial charge in [-0.1, -0.05) is 359 Å². The third kappa shape index (κ3) is 69.1. The summed E-state index contributed by atoms with van der Waals surface area (Å²) in [4.78, 5) is 24.6. The summed E-state index contributed by atoms with van der Waals surface area (Å²) in [5.74, 6) is -0.0481. The molecule has 6 nitrogen and oxygen atoms in total. The van der Waals surface area contributed by atoms with Crippen LogP contribution in [-0.4, -0.2) is 47.4 Å². The lowest BCUT2D eigenvalue weighted by molar-refractivity contribution is -0.143. The van der Waals surface area contributed by atoms with Crippen LogP contribution in [0.4, 0.5) is 0 Å². The van der Waals surface area contributed by atoms with Crippen molar-refractivity contribution in [2.45, 2.75) is 431 Å². The van der Waals surface area contributed by atoms with E-state index in [1.807, 2.05) is 6.08 Å². The normalized spacial score (nSPS) is 12.7. The van der Waals surface area contributed by atoms with E-state index in [-0.39, 0.29) is 18.5 Å². The first-order valence-electron chi connectivity index (χ1n) is 37.8. The van der Waals surface area contributed by atoms with Crippen molar-refractivity contribution in [1.29, 1.82) is 0 Å². The molecule has 3 N–H and O–H groups in total. The van der Waals surface area contributed by atoms with Crippen LogP contribution in [0.5, 0.6) is 0 Å². The van der Waals surface area contributed by atoms with Crippen LogP contribution < -0.4 is 5.32 Å². The molecule has 0 aliphatic heterocycles. The van der Waals surface area contributed by atoms with Crippen molar-refractivity contribution < 1.29 is 24.5 Å². The molecule has 0 spiro atoms. The van der Waals surface area contributed by atoms with Crippen LogP contribution in [-0.2, 0) is 14.3 Å². The number of carbonyl (C=O) groups is 2. The van der Waals surface area contributed by atoms with Crippen molar-refractivity contribution in [3.8, 4) is 0 Å². The maximum absolute atomic E-state index is 12.5. The summed E-state index contributed by atoms with van der Waals surface area (Å²) in [5, 5.41) is 23.1. The third-order valence-corrected chi connectivity index (χ3v) is 17.6. The first kappa shape index (κ1) is 81.1. The smallest absolute Gasteiger partial charge is 0.305 e. The SMILES string of the molecule is CCCCCCCCC/C=C\CCCCCCCC(=O)OCCCCCCCCCCCCCCCCCC/C=C\CCCCCCCCCCCCCCCCCCCC(=O)NC(CO)C(O)/C=C/CCCCCCCCCCCCC. The number of aliphatic hydroxyl groups is 2. The minimum atomic E-state index is -0.841. The Hall–Kier alpha value is -1.92. The largest absolute Gasteiger partial charge is 0.466 e. The number of hydrogen-bond acceptors (Lipinski definition) is 5. The summed E-state index contributed by atoms with van der Waals surface area (Å²) in [6.07, 6.45) is 94.1. The van der Waals surface area contributed by atoms with Crippen molar-refractivity contribution in [3.05, 3.63) is 36.5 Å². The Morgan fingerprint density at radius 2 is 0.566 bits per heavy atom. The van der Waals surface area contributed by atoms with E-state index in [1.165, 1.54) is 347 Å². The van der Waals surface area contributed by atoms with Gasteiger partial charge in [-0.2, -0.15) is 0 Å². The fourth-order valence-electron chi connectivity index (χ4n) is 11.9. The van der Waals surface area contributed by atoms with Crippen LogP contribution in [0.25, 0.3) is 0 Å². The van der Waals surface area contributed by atoms with Crippen LogP contribution in [0.3, 0.4) is 0 Å². The van der Waals surface area contributed by atoms with Gasteiger partial charge in [0.25, 0.3) is 0 Å². The van der Waals surface area contributed by atoms with Crippen molar-refractivity contribution in [3.63, 3.8) is 0 Å². The van der Waals surface area contributed by atoms with E-state index in [4.69, 9.17) is 4.74 Å². The van der Waals surface area contributed by atoms with Crippen LogP contribution in [0, 0.1) is 0 Å². The molecule has 0 saturated heterocycles. The minimum Gasteiger partial charge on any atom is -0.466 e. The summed E-state index contributed by atoms with van der Waals surface area (Å²) in [6.45, 7) is 4.93. The van der Waals surface area contributed by atoms with Crippen LogP contribution in [0.15, 0.2) is 36.5 Å². The summed E-state index contributed by atoms with van der Waals surface area (Å²) in [5.41, 5.74) is 0. The molecule has 0 fully saturated rings. The zero-order chi connectivity index (χ0) is 59.9. The molecule has 6 heteroatoms. The molecule has 1 amide bonds. The maximum atomic E-state index is 12.5. The third-order valence-electron chi connectivity index (χ3n) is 17.6. The Bertz CT molecular complexity index is 1340. The number of unbranched alkanes of at least 4 members (excludes halogenated alkanes) is 56. The fraction of sp³-hybridized carbons (Fsp3) is 0.896. The first-order chi connectivity index (χ1) is 41.0. The number of hydrogen-bond donors (Lipinski definition) is 3. The Kier molecular flexibility index (Phi) is 70.9. The van der Waals surface area contributed by atoms with Crippen LogP contribution in [0.1, 0.15) is 418 Å². The van der Waals surface area contributed by atoms with Gasteiger partial charge < -0.3 is 20.3 Å². The molecule has 0 aromatic heterocycles. The van der Waals surface area contributed by atoms with Gasteiger partial charge in [0.15, 0.2) is 0 Å². The predicted molar refractivity (Wildman–Crippen MR) is 366 cm³/mol. The van der Waals surface area contributed by atoms with Gasteiger partial charge in [0, 0.05) is 12.8 Å². The lowest BCUT2D eigenvalue weighted by Crippen LogP contribution is -2.45. The van der Waals surface area contributed by atoms with E-state index < -0.39 is 12.1 Å². The molecule has 0 aliphatic rings. The molecule has 0 rings (SSSR count). The van der Waals surface area contributed by atoms with Crippen LogP contribution >= 0.6 is 0 Å². The number of carbonyl (C=O) groups excluding carboxylic acids is 2. The van der Waals surface area contributed by atoms with Gasteiger partial charge in [0.1, 0.15) is 0 Å². The Morgan fingerprint density at radius 3 is 0.855 bits per heavy atom. The van der Waals surface area contributed by atoms with E-state index in [9.17, 15) is 19.8 Å². The van der Waals surface area contributed by atoms with E-state index in [0.29, 0.717) is 19.4 Å². The molecule has 2 unspecified atom stereocenters. The van der Waals surface area contributed by atoms with Crippen molar-refractivity contribution in [2.75, 3.05) is 13.2 Å². The molecule has 0 aliphatic carbocycles. The van der Waals surface area contributed by atoms with Gasteiger partial charge in [-0.15, -0.1) is 0 Å². The molecule has 0 bridgehead atoms. The highest BCUT2D eigenvalue weighted by molar-refractivity contribution is 5.76. The van der Waals surface area contributed by atoms with E-state index in [0.717, 1.165) is 44.9 Å². The second kappa shape index (κ2) is 72.6. The number of allylic oxidation sites excluding steroid dienone is 5. The highest BCUT2D eigenvalue weighted by atomic mass is 16.5. The lowest BCUT2D eigenvalue weighted by Gasteiger charge is -2.20. The molecular formula is C77H147NO5. The summed E-state index contributed by atoms with van der Waals surface area (Å²) >= 11 is 0. The highest BCUT2D eigenvalue weighted by Gasteiger charge is 2.18. The highest BCUT2D eigenvalue weighted by Crippen LogP contribution is 2.19. The number of esters is 1. The number of aliphatic hydroxyl groups excluding tert-OH is 2. The molecular weight excluding hydrogens is 1020 g/mol. The Morgan fingerprint density at radius 1 is 0.325 bits per heavy atom. The second-order valence-electron chi connectivity index (χ2n) is 26.0. The summed E-state index contributed by atoms with van der Waals surface area (Å²) < 4.78 is 5.50. The predicted octanol–water partition coefficient (Wildman–Crippen LogP) is 24.7. The van der Waals surface area contributed by atoms with E-state index in [1.54, 1.807) is 6.08 Å². The lowest BCUT2D eigenvalue weighted by atomic mass is 10.0. The van der Waals surface area contributed by atoms with Gasteiger partial charge in [-0.3, -0.25) is 9.59 Å². The van der Waals surface area contributed by atoms with E-state index >= 15 is 0 Å². The molecule has 0 aromatic carbocycles. The number of rotatable bonds is 71. The molecule has 83 heavy (non-hydrogen) atoms. The molecule has 490 valence electrons. The van der Waals surface area contributed by atoms with E-state index in [2.05, 4.69) is 43.5 Å². The standard InChI is InChI=1S/C77H147NO5/c1-3-5-7-9-11-13-15-17-18-43-47-51-55-59-63-67-71-77(82)83-72-68-64-60-56-52-48-44-41-39-37-35-33-31-29-27-25-23-21-19-20-22-24-26-28-30-32-34-36-38-40-42-46-50-54-58-62-66-70-76(81)78-74(73-79)75(80)69-65-61-57-53-49-45-16-14-12-10-8-6-4-2/h18-19,21,43,65,69,74-75,79-80H,3-17,20,22-42,44-64,66-68,70-73H2,1-2H3,(H,78,81)/b21-19-,43-18-,69-65+. The number of ether oxygens (including phenoxy) is 1. The van der Waals surface area contributed by atoms with Gasteiger partial charge in [0.2, 0.25) is 5.91 Å². The van der Waals surface area contributed by atoms with Crippen molar-refractivity contribution in [1.82, 2.24) is 5.32 Å². The van der Waals surface area contributed by atoms with Crippen molar-refractivity contribution in [2.24, 2.45) is 0 Å². The summed E-state index contributed by atoms with van der Waals surface area (Å²) in [6, 6.07) is -0.624. The van der Waals surface area contributed by atoms with Gasteiger partial charge >= 0.3 is 5.97 Å². The number of amides is 1. The summed E-state index contributed by atoms with van der Waals surface area (Å²) in [7, 11) is 0. The Balaban J connectivity index is 3.33. The molecule has 0 saturated carbocycles. The monoisotopic (exact) mass is 1170 g/mol. The Labute approximate surface area is 519 Å².